The van der Waals surface area contributed by atoms with E-state index in [2.05, 4.69) is 122 Å². The first-order valence-electron chi connectivity index (χ1n) is 11.7. The second kappa shape index (κ2) is 8.22. The molecule has 6 aromatic carbocycles. The van der Waals surface area contributed by atoms with Crippen molar-refractivity contribution in [3.8, 4) is 0 Å². The van der Waals surface area contributed by atoms with E-state index in [1.165, 1.54) is 60.1 Å². The lowest BCUT2D eigenvalue weighted by molar-refractivity contribution is 1.20. The van der Waals surface area contributed by atoms with E-state index >= 15 is 0 Å². The van der Waals surface area contributed by atoms with Gasteiger partial charge in [0.25, 0.3) is 0 Å². The van der Waals surface area contributed by atoms with Gasteiger partial charge in [0.1, 0.15) is 0 Å². The summed E-state index contributed by atoms with van der Waals surface area (Å²) in [5.74, 6) is 0. The molecule has 0 saturated heterocycles. The summed E-state index contributed by atoms with van der Waals surface area (Å²) in [6.45, 7) is 2.20. The van der Waals surface area contributed by atoms with Crippen molar-refractivity contribution in [3.05, 3.63) is 143 Å². The minimum Gasteiger partial charge on any atom is -0.0616 e. The zero-order valence-electron chi connectivity index (χ0n) is 18.9. The predicted octanol–water partition coefficient (Wildman–Crippen LogP) is 8.64. The van der Waals surface area contributed by atoms with Crippen LogP contribution in [-0.4, -0.2) is 0 Å². The number of hydrogen-bond acceptors (Lipinski definition) is 0. The standard InChI is InChI=1S/C33H26/c1-23-17-18-26(31-14-5-4-12-29(23)31)22-28-20-19-27(32-15-6-7-16-33(28)32)21-25-11-8-10-24-9-2-3-13-30(24)25/h2-20H,21-22H2,1H3. The maximum atomic E-state index is 2.34. The van der Waals surface area contributed by atoms with Crippen LogP contribution in [-0.2, 0) is 12.8 Å². The highest BCUT2D eigenvalue weighted by Gasteiger charge is 2.11. The van der Waals surface area contributed by atoms with Crippen LogP contribution in [0.1, 0.15) is 27.8 Å². The normalized spacial score (nSPS) is 11.4. The Morgan fingerprint density at radius 1 is 0.364 bits per heavy atom. The van der Waals surface area contributed by atoms with E-state index < -0.39 is 0 Å². The number of fused-ring (bicyclic) bond motifs is 3. The minimum absolute atomic E-state index is 0.940. The summed E-state index contributed by atoms with van der Waals surface area (Å²) < 4.78 is 0. The molecule has 158 valence electrons. The van der Waals surface area contributed by atoms with Gasteiger partial charge in [0.2, 0.25) is 0 Å². The fourth-order valence-corrected chi connectivity index (χ4v) is 5.26. The molecule has 0 saturated carbocycles. The van der Waals surface area contributed by atoms with Gasteiger partial charge in [-0.1, -0.05) is 115 Å². The highest BCUT2D eigenvalue weighted by atomic mass is 14.1. The highest BCUT2D eigenvalue weighted by Crippen LogP contribution is 2.31. The van der Waals surface area contributed by atoms with Crippen LogP contribution >= 0.6 is 0 Å². The van der Waals surface area contributed by atoms with Gasteiger partial charge < -0.3 is 0 Å². The number of aryl methyl sites for hydroxylation is 1. The lowest BCUT2D eigenvalue weighted by Crippen LogP contribution is -1.96. The number of rotatable bonds is 4. The van der Waals surface area contributed by atoms with Crippen molar-refractivity contribution >= 4 is 32.3 Å². The van der Waals surface area contributed by atoms with Gasteiger partial charge in [-0.3, -0.25) is 0 Å². The molecule has 0 atom stereocenters. The maximum absolute atomic E-state index is 2.34. The van der Waals surface area contributed by atoms with Crippen molar-refractivity contribution in [3.63, 3.8) is 0 Å². The fraction of sp³-hybridized carbons (Fsp3) is 0.0909. The second-order valence-corrected chi connectivity index (χ2v) is 9.01. The van der Waals surface area contributed by atoms with E-state index in [-0.39, 0.29) is 0 Å². The van der Waals surface area contributed by atoms with Crippen molar-refractivity contribution in [2.75, 3.05) is 0 Å². The van der Waals surface area contributed by atoms with Crippen LogP contribution in [0.15, 0.2) is 115 Å². The Morgan fingerprint density at radius 3 is 1.42 bits per heavy atom. The molecule has 0 unspecified atom stereocenters. The van der Waals surface area contributed by atoms with E-state index in [0.717, 1.165) is 12.8 Å². The van der Waals surface area contributed by atoms with Gasteiger partial charge >= 0.3 is 0 Å². The largest absolute Gasteiger partial charge is 0.0616 e. The first-order valence-corrected chi connectivity index (χ1v) is 11.7. The molecule has 0 heteroatoms. The molecule has 0 aliphatic carbocycles. The van der Waals surface area contributed by atoms with E-state index in [4.69, 9.17) is 0 Å². The summed E-state index contributed by atoms with van der Waals surface area (Å²) in [5.41, 5.74) is 6.89. The van der Waals surface area contributed by atoms with Crippen LogP contribution in [0.2, 0.25) is 0 Å². The third-order valence-corrected chi connectivity index (χ3v) is 6.98. The molecule has 33 heavy (non-hydrogen) atoms. The Hall–Kier alpha value is -3.90. The Labute approximate surface area is 195 Å². The molecule has 6 aromatic rings. The van der Waals surface area contributed by atoms with E-state index in [1.54, 1.807) is 0 Å². The van der Waals surface area contributed by atoms with Gasteiger partial charge in [0.05, 0.1) is 0 Å². The molecule has 0 bridgehead atoms. The average Bonchev–Trinajstić information content (AvgIpc) is 2.87. The summed E-state index contributed by atoms with van der Waals surface area (Å²) >= 11 is 0. The summed E-state index contributed by atoms with van der Waals surface area (Å²) in [6, 6.07) is 42.3. The monoisotopic (exact) mass is 422 g/mol. The van der Waals surface area contributed by atoms with Gasteiger partial charge in [-0.15, -0.1) is 0 Å². The summed E-state index contributed by atoms with van der Waals surface area (Å²) in [7, 11) is 0. The average molecular weight is 423 g/mol. The molecular formula is C33H26. The van der Waals surface area contributed by atoms with Gasteiger partial charge in [-0.05, 0) is 79.9 Å². The zero-order chi connectivity index (χ0) is 22.2. The van der Waals surface area contributed by atoms with Crippen LogP contribution in [0.4, 0.5) is 0 Å². The Balaban J connectivity index is 1.44. The highest BCUT2D eigenvalue weighted by molar-refractivity contribution is 5.93. The fourth-order valence-electron chi connectivity index (χ4n) is 5.26. The molecule has 0 aliphatic heterocycles. The first kappa shape index (κ1) is 19.8. The van der Waals surface area contributed by atoms with Crippen molar-refractivity contribution < 1.29 is 0 Å². The van der Waals surface area contributed by atoms with Gasteiger partial charge in [-0.25, -0.2) is 0 Å². The molecule has 6 rings (SSSR count). The second-order valence-electron chi connectivity index (χ2n) is 9.01. The third-order valence-electron chi connectivity index (χ3n) is 6.98. The van der Waals surface area contributed by atoms with Crippen LogP contribution < -0.4 is 0 Å². The molecule has 0 N–H and O–H groups in total. The number of hydrogen-bond donors (Lipinski definition) is 0. The minimum atomic E-state index is 0.940. The lowest BCUT2D eigenvalue weighted by atomic mass is 9.90. The van der Waals surface area contributed by atoms with Crippen molar-refractivity contribution in [2.24, 2.45) is 0 Å². The van der Waals surface area contributed by atoms with Gasteiger partial charge in [0.15, 0.2) is 0 Å². The molecular weight excluding hydrogens is 396 g/mol. The van der Waals surface area contributed by atoms with Crippen molar-refractivity contribution in [1.29, 1.82) is 0 Å². The Bertz CT molecular complexity index is 1620. The molecule has 0 nitrogen and oxygen atoms in total. The van der Waals surface area contributed by atoms with Crippen LogP contribution in [0.25, 0.3) is 32.3 Å². The van der Waals surface area contributed by atoms with Crippen LogP contribution in [0.5, 0.6) is 0 Å². The summed E-state index contributed by atoms with van der Waals surface area (Å²) in [5, 5.41) is 8.09. The van der Waals surface area contributed by atoms with Gasteiger partial charge in [-0.2, -0.15) is 0 Å². The van der Waals surface area contributed by atoms with E-state index in [9.17, 15) is 0 Å². The molecule has 0 heterocycles. The predicted molar refractivity (Wildman–Crippen MR) is 142 cm³/mol. The SMILES string of the molecule is Cc1ccc(Cc2ccc(Cc3cccc4ccccc34)c3ccccc23)c2ccccc12. The van der Waals surface area contributed by atoms with E-state index in [0.29, 0.717) is 0 Å². The zero-order valence-corrected chi connectivity index (χ0v) is 18.9. The lowest BCUT2D eigenvalue weighted by Gasteiger charge is -2.14. The molecule has 0 spiro atoms. The smallest absolute Gasteiger partial charge is 0.00135 e. The molecule has 0 amide bonds. The van der Waals surface area contributed by atoms with E-state index in [1.807, 2.05) is 0 Å². The Kier molecular flexibility index (Phi) is 4.92. The van der Waals surface area contributed by atoms with Crippen LogP contribution in [0.3, 0.4) is 0 Å². The number of benzene rings is 6. The molecule has 0 radical (unpaired) electrons. The van der Waals surface area contributed by atoms with Gasteiger partial charge in [0, 0.05) is 0 Å². The molecule has 0 aromatic heterocycles. The topological polar surface area (TPSA) is 0 Å². The Morgan fingerprint density at radius 2 is 0.788 bits per heavy atom. The summed E-state index contributed by atoms with van der Waals surface area (Å²) in [6.07, 6.45) is 1.88. The van der Waals surface area contributed by atoms with Crippen molar-refractivity contribution in [2.45, 2.75) is 19.8 Å². The quantitative estimate of drug-likeness (QED) is 0.267. The maximum Gasteiger partial charge on any atom is -0.00135 e. The van der Waals surface area contributed by atoms with Crippen LogP contribution in [0, 0.1) is 6.92 Å². The third kappa shape index (κ3) is 3.58. The summed E-state index contributed by atoms with van der Waals surface area (Å²) in [4.78, 5) is 0. The molecule has 0 aliphatic rings. The van der Waals surface area contributed by atoms with Crippen molar-refractivity contribution in [1.82, 2.24) is 0 Å². The molecule has 0 fully saturated rings. The first-order chi connectivity index (χ1) is 16.3.